The van der Waals surface area contributed by atoms with Gasteiger partial charge in [0.15, 0.2) is 5.71 Å². The lowest BCUT2D eigenvalue weighted by atomic mass is 9.78. The third kappa shape index (κ3) is 0.985. The Hall–Kier alpha value is -1.11. The standard InChI is InChI=1S/C13H18N/c1-5-13(3)10(2)14(4)12-9-7-6-8-11(12)13/h6-9H,5H2,1-4H3/q+1. The highest BCUT2D eigenvalue weighted by Gasteiger charge is 2.43. The maximum atomic E-state index is 2.34. The molecule has 0 saturated heterocycles. The molecule has 0 aromatic heterocycles. The Balaban J connectivity index is 2.70. The zero-order chi connectivity index (χ0) is 10.3. The molecule has 1 aliphatic rings. The van der Waals surface area contributed by atoms with Crippen molar-refractivity contribution in [2.45, 2.75) is 32.6 Å². The van der Waals surface area contributed by atoms with Crippen molar-refractivity contribution >= 4 is 11.4 Å². The van der Waals surface area contributed by atoms with Crippen LogP contribution in [0, 0.1) is 0 Å². The molecule has 1 heteroatoms. The molecule has 1 aromatic rings. The monoisotopic (exact) mass is 188 g/mol. The average Bonchev–Trinajstić information content (AvgIpc) is 2.43. The van der Waals surface area contributed by atoms with E-state index in [0.29, 0.717) is 0 Å². The Morgan fingerprint density at radius 2 is 1.93 bits per heavy atom. The van der Waals surface area contributed by atoms with Gasteiger partial charge in [-0.15, -0.1) is 0 Å². The van der Waals surface area contributed by atoms with E-state index in [-0.39, 0.29) is 5.41 Å². The minimum absolute atomic E-state index is 0.241. The van der Waals surface area contributed by atoms with Gasteiger partial charge in [0.05, 0.1) is 5.41 Å². The largest absolute Gasteiger partial charge is 0.209 e. The van der Waals surface area contributed by atoms with E-state index in [9.17, 15) is 0 Å². The number of benzene rings is 1. The molecule has 1 aliphatic heterocycles. The molecule has 1 atom stereocenters. The fourth-order valence-electron chi connectivity index (χ4n) is 2.42. The Kier molecular flexibility index (Phi) is 1.99. The Bertz CT molecular complexity index is 403. The molecule has 2 rings (SSSR count). The van der Waals surface area contributed by atoms with E-state index < -0.39 is 0 Å². The average molecular weight is 188 g/mol. The number of hydrogen-bond donors (Lipinski definition) is 0. The van der Waals surface area contributed by atoms with Crippen molar-refractivity contribution in [3.8, 4) is 0 Å². The van der Waals surface area contributed by atoms with Crippen LogP contribution in [0.3, 0.4) is 0 Å². The SMILES string of the molecule is CCC1(C)C(C)=[N+](C)c2ccccc21. The predicted octanol–water partition coefficient (Wildman–Crippen LogP) is 3.10. The number of nitrogens with zero attached hydrogens (tertiary/aromatic N) is 1. The fourth-order valence-corrected chi connectivity index (χ4v) is 2.42. The molecule has 14 heavy (non-hydrogen) atoms. The highest BCUT2D eigenvalue weighted by Crippen LogP contribution is 2.40. The first-order chi connectivity index (χ1) is 6.61. The second-order valence-electron chi connectivity index (χ2n) is 4.35. The van der Waals surface area contributed by atoms with Crippen LogP contribution in [-0.2, 0) is 5.41 Å². The van der Waals surface area contributed by atoms with Crippen LogP contribution in [0.2, 0.25) is 0 Å². The maximum Gasteiger partial charge on any atom is 0.209 e. The summed E-state index contributed by atoms with van der Waals surface area (Å²) < 4.78 is 2.32. The summed E-state index contributed by atoms with van der Waals surface area (Å²) in [5.41, 5.74) is 4.55. The van der Waals surface area contributed by atoms with E-state index >= 15 is 0 Å². The fraction of sp³-hybridized carbons (Fsp3) is 0.462. The molecule has 0 aliphatic carbocycles. The Labute approximate surface area is 86.1 Å². The lowest BCUT2D eigenvalue weighted by molar-refractivity contribution is -0.403. The third-order valence-electron chi connectivity index (χ3n) is 3.87. The van der Waals surface area contributed by atoms with E-state index in [1.807, 2.05) is 0 Å². The van der Waals surface area contributed by atoms with Crippen molar-refractivity contribution in [1.29, 1.82) is 0 Å². The molecule has 1 aromatic carbocycles. The van der Waals surface area contributed by atoms with Crippen molar-refractivity contribution in [1.82, 2.24) is 0 Å². The topological polar surface area (TPSA) is 3.01 Å². The van der Waals surface area contributed by atoms with Crippen molar-refractivity contribution in [2.24, 2.45) is 0 Å². The van der Waals surface area contributed by atoms with Gasteiger partial charge < -0.3 is 0 Å². The van der Waals surface area contributed by atoms with Crippen LogP contribution in [0.5, 0.6) is 0 Å². The second-order valence-corrected chi connectivity index (χ2v) is 4.35. The molecule has 0 radical (unpaired) electrons. The van der Waals surface area contributed by atoms with E-state index in [0.717, 1.165) is 0 Å². The van der Waals surface area contributed by atoms with Crippen LogP contribution in [0.1, 0.15) is 32.8 Å². The number of fused-ring (bicyclic) bond motifs is 1. The molecule has 74 valence electrons. The van der Waals surface area contributed by atoms with E-state index in [1.165, 1.54) is 23.4 Å². The number of para-hydroxylation sites is 1. The summed E-state index contributed by atoms with van der Waals surface area (Å²) in [5.74, 6) is 0. The van der Waals surface area contributed by atoms with Crippen LogP contribution in [0.25, 0.3) is 0 Å². The van der Waals surface area contributed by atoms with Crippen LogP contribution in [-0.4, -0.2) is 17.3 Å². The third-order valence-corrected chi connectivity index (χ3v) is 3.87. The lowest BCUT2D eigenvalue weighted by Crippen LogP contribution is -2.28. The van der Waals surface area contributed by atoms with Gasteiger partial charge in [-0.3, -0.25) is 0 Å². The number of rotatable bonds is 1. The molecule has 0 fully saturated rings. The van der Waals surface area contributed by atoms with E-state index in [1.54, 1.807) is 0 Å². The Morgan fingerprint density at radius 3 is 2.57 bits per heavy atom. The minimum atomic E-state index is 0.241. The first-order valence-electron chi connectivity index (χ1n) is 5.28. The van der Waals surface area contributed by atoms with Crippen molar-refractivity contribution in [2.75, 3.05) is 7.05 Å². The summed E-state index contributed by atoms with van der Waals surface area (Å²) in [4.78, 5) is 0. The smallest absolute Gasteiger partial charge is 0.202 e. The zero-order valence-electron chi connectivity index (χ0n) is 9.46. The van der Waals surface area contributed by atoms with Gasteiger partial charge in [-0.2, -0.15) is 0 Å². The van der Waals surface area contributed by atoms with Gasteiger partial charge in [0.1, 0.15) is 7.05 Å². The zero-order valence-corrected chi connectivity index (χ0v) is 9.46. The molecule has 0 saturated carbocycles. The van der Waals surface area contributed by atoms with Crippen molar-refractivity contribution in [3.63, 3.8) is 0 Å². The molecule has 0 spiro atoms. The quantitative estimate of drug-likeness (QED) is 0.596. The maximum absolute atomic E-state index is 2.34. The molecular formula is C13H18N+. The molecule has 0 bridgehead atoms. The Morgan fingerprint density at radius 1 is 1.29 bits per heavy atom. The number of hydrogen-bond acceptors (Lipinski definition) is 0. The van der Waals surface area contributed by atoms with Crippen LogP contribution >= 0.6 is 0 Å². The highest BCUT2D eigenvalue weighted by molar-refractivity contribution is 5.93. The molecule has 0 N–H and O–H groups in total. The summed E-state index contributed by atoms with van der Waals surface area (Å²) in [6.07, 6.45) is 1.17. The van der Waals surface area contributed by atoms with Gasteiger partial charge in [0.2, 0.25) is 5.69 Å². The first kappa shape index (κ1) is 9.45. The molecule has 1 heterocycles. The molecule has 1 unspecified atom stereocenters. The van der Waals surface area contributed by atoms with Crippen LogP contribution < -0.4 is 0 Å². The molecule has 1 nitrogen and oxygen atoms in total. The minimum Gasteiger partial charge on any atom is -0.202 e. The van der Waals surface area contributed by atoms with E-state index in [4.69, 9.17) is 0 Å². The van der Waals surface area contributed by atoms with Crippen molar-refractivity contribution in [3.05, 3.63) is 29.8 Å². The highest BCUT2D eigenvalue weighted by atomic mass is 15.0. The summed E-state index contributed by atoms with van der Waals surface area (Å²) in [5, 5.41) is 0. The van der Waals surface area contributed by atoms with E-state index in [2.05, 4.69) is 56.7 Å². The molecule has 0 amide bonds. The van der Waals surface area contributed by atoms with Crippen LogP contribution in [0.15, 0.2) is 24.3 Å². The van der Waals surface area contributed by atoms with Gasteiger partial charge in [-0.25, -0.2) is 4.58 Å². The summed E-state index contributed by atoms with van der Waals surface area (Å²) in [6, 6.07) is 8.72. The summed E-state index contributed by atoms with van der Waals surface area (Å²) in [7, 11) is 2.16. The first-order valence-corrected chi connectivity index (χ1v) is 5.28. The summed E-state index contributed by atoms with van der Waals surface area (Å²) in [6.45, 7) is 6.84. The van der Waals surface area contributed by atoms with Gasteiger partial charge in [0, 0.05) is 18.6 Å². The summed E-state index contributed by atoms with van der Waals surface area (Å²) >= 11 is 0. The van der Waals surface area contributed by atoms with Gasteiger partial charge in [-0.05, 0) is 13.3 Å². The van der Waals surface area contributed by atoms with Gasteiger partial charge in [-0.1, -0.05) is 25.1 Å². The van der Waals surface area contributed by atoms with Crippen LogP contribution in [0.4, 0.5) is 5.69 Å². The van der Waals surface area contributed by atoms with Crippen molar-refractivity contribution < 1.29 is 4.58 Å². The van der Waals surface area contributed by atoms with Gasteiger partial charge >= 0.3 is 0 Å². The second kappa shape index (κ2) is 2.94. The predicted molar refractivity (Wildman–Crippen MR) is 60.6 cm³/mol. The lowest BCUT2D eigenvalue weighted by Gasteiger charge is -2.19. The molecular weight excluding hydrogens is 170 g/mol. The normalized spacial score (nSPS) is 25.4. The van der Waals surface area contributed by atoms with Gasteiger partial charge in [0.25, 0.3) is 0 Å².